The minimum Gasteiger partial charge on any atom is -0.303 e. The number of hydrogen-bond donors (Lipinski definition) is 0. The third-order valence-corrected chi connectivity index (χ3v) is 1.76. The third-order valence-electron chi connectivity index (χ3n) is 1.76. The number of aldehydes is 1. The molecule has 64 valence electrons. The van der Waals surface area contributed by atoms with Crippen LogP contribution in [0.1, 0.15) is 18.2 Å². The van der Waals surface area contributed by atoms with Gasteiger partial charge in [0.1, 0.15) is 6.29 Å². The van der Waals surface area contributed by atoms with Crippen molar-refractivity contribution in [2.45, 2.75) is 20.3 Å². The molecule has 0 aliphatic carbocycles. The SMILES string of the molecule is Cc1ccc(CC(C)C=O)cn1. The van der Waals surface area contributed by atoms with Crippen molar-refractivity contribution in [1.29, 1.82) is 0 Å². The maximum Gasteiger partial charge on any atom is 0.123 e. The highest BCUT2D eigenvalue weighted by molar-refractivity contribution is 5.53. The van der Waals surface area contributed by atoms with Crippen molar-refractivity contribution in [3.8, 4) is 0 Å². The van der Waals surface area contributed by atoms with Gasteiger partial charge in [0.05, 0.1) is 0 Å². The first-order chi connectivity index (χ1) is 5.72. The van der Waals surface area contributed by atoms with Gasteiger partial charge in [-0.25, -0.2) is 0 Å². The average Bonchev–Trinajstić information content (AvgIpc) is 2.09. The molecular formula is C10H13NO. The molecule has 0 saturated carbocycles. The minimum atomic E-state index is 0.0921. The molecule has 2 heteroatoms. The van der Waals surface area contributed by atoms with E-state index in [9.17, 15) is 4.79 Å². The minimum absolute atomic E-state index is 0.0921. The number of aryl methyl sites for hydroxylation is 1. The smallest absolute Gasteiger partial charge is 0.123 e. The predicted octanol–water partition coefficient (Wildman–Crippen LogP) is 1.77. The summed E-state index contributed by atoms with van der Waals surface area (Å²) in [7, 11) is 0. The van der Waals surface area contributed by atoms with E-state index in [4.69, 9.17) is 0 Å². The van der Waals surface area contributed by atoms with Crippen LogP contribution in [0.25, 0.3) is 0 Å². The van der Waals surface area contributed by atoms with Crippen LogP contribution in [-0.4, -0.2) is 11.3 Å². The van der Waals surface area contributed by atoms with E-state index in [1.165, 1.54) is 0 Å². The summed E-state index contributed by atoms with van der Waals surface area (Å²) in [4.78, 5) is 14.5. The van der Waals surface area contributed by atoms with E-state index in [2.05, 4.69) is 4.98 Å². The van der Waals surface area contributed by atoms with Crippen LogP contribution in [0.15, 0.2) is 18.3 Å². The van der Waals surface area contributed by atoms with Crippen LogP contribution in [0, 0.1) is 12.8 Å². The molecule has 0 fully saturated rings. The predicted molar refractivity (Wildman–Crippen MR) is 47.9 cm³/mol. The molecule has 1 aromatic rings. The number of carbonyl (C=O) groups excluding carboxylic acids is 1. The Morgan fingerprint density at radius 1 is 1.58 bits per heavy atom. The molecule has 2 nitrogen and oxygen atoms in total. The molecule has 12 heavy (non-hydrogen) atoms. The first-order valence-corrected chi connectivity index (χ1v) is 4.09. The summed E-state index contributed by atoms with van der Waals surface area (Å²) < 4.78 is 0. The molecular weight excluding hydrogens is 150 g/mol. The lowest BCUT2D eigenvalue weighted by atomic mass is 10.0. The zero-order valence-electron chi connectivity index (χ0n) is 7.45. The van der Waals surface area contributed by atoms with E-state index in [1.807, 2.05) is 32.2 Å². The van der Waals surface area contributed by atoms with Gasteiger partial charge in [0.15, 0.2) is 0 Å². The molecule has 1 atom stereocenters. The van der Waals surface area contributed by atoms with E-state index < -0.39 is 0 Å². The number of nitrogens with zero attached hydrogens (tertiary/aromatic N) is 1. The molecule has 0 radical (unpaired) electrons. The van der Waals surface area contributed by atoms with E-state index in [-0.39, 0.29) is 5.92 Å². The highest BCUT2D eigenvalue weighted by Gasteiger charge is 2.00. The van der Waals surface area contributed by atoms with Crippen LogP contribution in [0.2, 0.25) is 0 Å². The second-order valence-corrected chi connectivity index (χ2v) is 3.13. The van der Waals surface area contributed by atoms with Crippen molar-refractivity contribution in [3.63, 3.8) is 0 Å². The fourth-order valence-corrected chi connectivity index (χ4v) is 1.04. The number of carbonyl (C=O) groups is 1. The van der Waals surface area contributed by atoms with Gasteiger partial charge in [-0.05, 0) is 25.0 Å². The van der Waals surface area contributed by atoms with Gasteiger partial charge in [-0.15, -0.1) is 0 Å². The Kier molecular flexibility index (Phi) is 2.97. The van der Waals surface area contributed by atoms with Gasteiger partial charge in [0, 0.05) is 17.8 Å². The van der Waals surface area contributed by atoms with Gasteiger partial charge in [0.25, 0.3) is 0 Å². The highest BCUT2D eigenvalue weighted by atomic mass is 16.1. The largest absolute Gasteiger partial charge is 0.303 e. The van der Waals surface area contributed by atoms with Crippen LogP contribution in [0.4, 0.5) is 0 Å². The van der Waals surface area contributed by atoms with Crippen LogP contribution >= 0.6 is 0 Å². The van der Waals surface area contributed by atoms with Crippen molar-refractivity contribution in [2.75, 3.05) is 0 Å². The van der Waals surface area contributed by atoms with Crippen LogP contribution < -0.4 is 0 Å². The second kappa shape index (κ2) is 4.00. The normalized spacial score (nSPS) is 12.5. The zero-order valence-corrected chi connectivity index (χ0v) is 7.45. The van der Waals surface area contributed by atoms with Crippen LogP contribution in [-0.2, 0) is 11.2 Å². The average molecular weight is 163 g/mol. The molecule has 0 aliphatic rings. The van der Waals surface area contributed by atoms with Gasteiger partial charge < -0.3 is 4.79 Å². The van der Waals surface area contributed by atoms with Crippen LogP contribution in [0.5, 0.6) is 0 Å². The number of aromatic nitrogens is 1. The third kappa shape index (κ3) is 2.46. The molecule has 0 aliphatic heterocycles. The molecule has 0 N–H and O–H groups in total. The van der Waals surface area contributed by atoms with E-state index >= 15 is 0 Å². The summed E-state index contributed by atoms with van der Waals surface area (Å²) in [6.45, 7) is 3.86. The first kappa shape index (κ1) is 8.91. The molecule has 1 heterocycles. The molecule has 0 amide bonds. The zero-order chi connectivity index (χ0) is 8.97. The Labute approximate surface area is 72.6 Å². The lowest BCUT2D eigenvalue weighted by Gasteiger charge is -2.02. The van der Waals surface area contributed by atoms with Gasteiger partial charge in [-0.3, -0.25) is 4.98 Å². The van der Waals surface area contributed by atoms with E-state index in [1.54, 1.807) is 0 Å². The summed E-state index contributed by atoms with van der Waals surface area (Å²) in [5.74, 6) is 0.0921. The summed E-state index contributed by atoms with van der Waals surface area (Å²) in [5.41, 5.74) is 2.14. The summed E-state index contributed by atoms with van der Waals surface area (Å²) in [6.07, 6.45) is 3.59. The van der Waals surface area contributed by atoms with Gasteiger partial charge >= 0.3 is 0 Å². The van der Waals surface area contributed by atoms with E-state index in [0.717, 1.165) is 24.0 Å². The standard InChI is InChI=1S/C10H13NO/c1-8(7-12)5-10-4-3-9(2)11-6-10/h3-4,6-8H,5H2,1-2H3. The quantitative estimate of drug-likeness (QED) is 0.635. The molecule has 0 spiro atoms. The first-order valence-electron chi connectivity index (χ1n) is 4.09. The Balaban J connectivity index is 2.64. The maximum atomic E-state index is 10.4. The lowest BCUT2D eigenvalue weighted by Crippen LogP contribution is -2.00. The highest BCUT2D eigenvalue weighted by Crippen LogP contribution is 2.05. The number of pyridine rings is 1. The van der Waals surface area contributed by atoms with Crippen molar-refractivity contribution >= 4 is 6.29 Å². The lowest BCUT2D eigenvalue weighted by molar-refractivity contribution is -0.110. The summed E-state index contributed by atoms with van der Waals surface area (Å²) in [6, 6.07) is 3.98. The molecule has 1 unspecified atom stereocenters. The van der Waals surface area contributed by atoms with Crippen molar-refractivity contribution in [2.24, 2.45) is 5.92 Å². The summed E-state index contributed by atoms with van der Waals surface area (Å²) >= 11 is 0. The van der Waals surface area contributed by atoms with Crippen LogP contribution in [0.3, 0.4) is 0 Å². The topological polar surface area (TPSA) is 30.0 Å². The number of rotatable bonds is 3. The molecule has 1 aromatic heterocycles. The van der Waals surface area contributed by atoms with Gasteiger partial charge in [0.2, 0.25) is 0 Å². The maximum absolute atomic E-state index is 10.4. The Hall–Kier alpha value is -1.18. The molecule has 0 bridgehead atoms. The number of hydrogen-bond acceptors (Lipinski definition) is 2. The monoisotopic (exact) mass is 163 g/mol. The molecule has 0 saturated heterocycles. The molecule has 1 rings (SSSR count). The second-order valence-electron chi connectivity index (χ2n) is 3.13. The summed E-state index contributed by atoms with van der Waals surface area (Å²) in [5, 5.41) is 0. The van der Waals surface area contributed by atoms with Gasteiger partial charge in [-0.2, -0.15) is 0 Å². The van der Waals surface area contributed by atoms with E-state index in [0.29, 0.717) is 0 Å². The van der Waals surface area contributed by atoms with Crippen molar-refractivity contribution < 1.29 is 4.79 Å². The fourth-order valence-electron chi connectivity index (χ4n) is 1.04. The Bertz CT molecular complexity index is 253. The molecule has 0 aromatic carbocycles. The Morgan fingerprint density at radius 3 is 2.83 bits per heavy atom. The van der Waals surface area contributed by atoms with Crippen molar-refractivity contribution in [3.05, 3.63) is 29.6 Å². The van der Waals surface area contributed by atoms with Crippen molar-refractivity contribution in [1.82, 2.24) is 4.98 Å². The van der Waals surface area contributed by atoms with Gasteiger partial charge in [-0.1, -0.05) is 13.0 Å². The Morgan fingerprint density at radius 2 is 2.33 bits per heavy atom. The fraction of sp³-hybridized carbons (Fsp3) is 0.400.